The van der Waals surface area contributed by atoms with E-state index >= 15 is 0 Å². The van der Waals surface area contributed by atoms with Crippen molar-refractivity contribution in [3.05, 3.63) is 90.1 Å². The molecule has 0 unspecified atom stereocenters. The van der Waals surface area contributed by atoms with Crippen LogP contribution in [-0.4, -0.2) is 44.4 Å². The molecule has 3 rings (SSSR count). The van der Waals surface area contributed by atoms with Crippen LogP contribution in [0.25, 0.3) is 11.3 Å². The standard InChI is InChI=1S/C27H29N3O4/c1-27(2,17-19-9-5-3-6-10-19)30(23(26(33)34)15-16-24(28)31)25(32)21-13-14-22(29-18-21)20-11-7-4-8-12-20/h3-14,18,23H,15-17H2,1-2H3,(H2,28,31)(H,33,34)/t23-/m0/s1. The summed E-state index contributed by atoms with van der Waals surface area (Å²) in [4.78, 5) is 43.2. The third kappa shape index (κ3) is 6.07. The second kappa shape index (κ2) is 10.7. The van der Waals surface area contributed by atoms with Crippen LogP contribution in [0.2, 0.25) is 0 Å². The van der Waals surface area contributed by atoms with Gasteiger partial charge in [0.05, 0.1) is 11.3 Å². The lowest BCUT2D eigenvalue weighted by atomic mass is 9.89. The van der Waals surface area contributed by atoms with Crippen molar-refractivity contribution in [2.45, 2.75) is 44.7 Å². The van der Waals surface area contributed by atoms with E-state index in [0.29, 0.717) is 12.1 Å². The molecular weight excluding hydrogens is 430 g/mol. The minimum absolute atomic E-state index is 0.0792. The first-order chi connectivity index (χ1) is 16.2. The molecule has 7 heteroatoms. The molecule has 0 bridgehead atoms. The number of hydrogen-bond acceptors (Lipinski definition) is 4. The molecule has 1 aromatic heterocycles. The molecule has 1 atom stereocenters. The molecule has 0 saturated heterocycles. The van der Waals surface area contributed by atoms with Crippen molar-refractivity contribution >= 4 is 17.8 Å². The molecule has 2 amide bonds. The number of amides is 2. The van der Waals surface area contributed by atoms with E-state index in [1.165, 1.54) is 11.1 Å². The molecule has 1 heterocycles. The van der Waals surface area contributed by atoms with E-state index in [2.05, 4.69) is 4.98 Å². The van der Waals surface area contributed by atoms with Crippen molar-refractivity contribution < 1.29 is 19.5 Å². The fourth-order valence-electron chi connectivity index (χ4n) is 4.10. The van der Waals surface area contributed by atoms with Gasteiger partial charge in [-0.1, -0.05) is 60.7 Å². The second-order valence-corrected chi connectivity index (χ2v) is 8.81. The molecule has 34 heavy (non-hydrogen) atoms. The average Bonchev–Trinajstić information content (AvgIpc) is 2.82. The number of carboxylic acids is 1. The summed E-state index contributed by atoms with van der Waals surface area (Å²) in [5.74, 6) is -2.28. The van der Waals surface area contributed by atoms with E-state index in [1.54, 1.807) is 12.1 Å². The third-order valence-corrected chi connectivity index (χ3v) is 5.69. The van der Waals surface area contributed by atoms with Crippen molar-refractivity contribution in [3.63, 3.8) is 0 Å². The number of pyridine rings is 1. The molecule has 0 aliphatic heterocycles. The summed E-state index contributed by atoms with van der Waals surface area (Å²) in [6, 6.07) is 21.3. The SMILES string of the molecule is CC(C)(Cc1ccccc1)N(C(=O)c1ccc(-c2ccccc2)nc1)[C@@H](CCC(N)=O)C(=O)O. The highest BCUT2D eigenvalue weighted by Crippen LogP contribution is 2.28. The smallest absolute Gasteiger partial charge is 0.326 e. The molecule has 0 aliphatic rings. The van der Waals surface area contributed by atoms with E-state index in [0.717, 1.165) is 11.1 Å². The topological polar surface area (TPSA) is 114 Å². The van der Waals surface area contributed by atoms with Gasteiger partial charge in [-0.05, 0) is 44.4 Å². The van der Waals surface area contributed by atoms with Gasteiger partial charge >= 0.3 is 5.97 Å². The number of carboxylic acid groups (broad SMARTS) is 1. The van der Waals surface area contributed by atoms with Crippen molar-refractivity contribution in [1.29, 1.82) is 0 Å². The molecule has 0 saturated carbocycles. The molecule has 0 fully saturated rings. The molecule has 0 radical (unpaired) electrons. The number of hydrogen-bond donors (Lipinski definition) is 2. The average molecular weight is 460 g/mol. The lowest BCUT2D eigenvalue weighted by Crippen LogP contribution is -2.57. The highest BCUT2D eigenvalue weighted by atomic mass is 16.4. The van der Waals surface area contributed by atoms with E-state index < -0.39 is 29.4 Å². The van der Waals surface area contributed by atoms with Crippen LogP contribution in [0.3, 0.4) is 0 Å². The first kappa shape index (κ1) is 24.6. The van der Waals surface area contributed by atoms with Crippen LogP contribution in [0.4, 0.5) is 0 Å². The molecule has 3 N–H and O–H groups in total. The summed E-state index contributed by atoms with van der Waals surface area (Å²) in [7, 11) is 0. The van der Waals surface area contributed by atoms with Crippen LogP contribution < -0.4 is 5.73 Å². The summed E-state index contributed by atoms with van der Waals surface area (Å²) in [5.41, 5.74) is 7.25. The van der Waals surface area contributed by atoms with Crippen LogP contribution in [-0.2, 0) is 16.0 Å². The fraction of sp³-hybridized carbons (Fsp3) is 0.259. The van der Waals surface area contributed by atoms with Gasteiger partial charge in [-0.3, -0.25) is 14.6 Å². The summed E-state index contributed by atoms with van der Waals surface area (Å²) in [6.07, 6.45) is 1.66. The van der Waals surface area contributed by atoms with Gasteiger partial charge in [0.25, 0.3) is 5.91 Å². The van der Waals surface area contributed by atoms with Crippen LogP contribution in [0.5, 0.6) is 0 Å². The first-order valence-corrected chi connectivity index (χ1v) is 11.1. The van der Waals surface area contributed by atoms with Gasteiger partial charge in [0.1, 0.15) is 6.04 Å². The van der Waals surface area contributed by atoms with Crippen LogP contribution in [0.1, 0.15) is 42.6 Å². The fourth-order valence-corrected chi connectivity index (χ4v) is 4.10. The Morgan fingerprint density at radius 2 is 1.59 bits per heavy atom. The molecule has 3 aromatic rings. The predicted octanol–water partition coefficient (Wildman–Crippen LogP) is 3.93. The van der Waals surface area contributed by atoms with Gasteiger partial charge in [0.2, 0.25) is 5.91 Å². The lowest BCUT2D eigenvalue weighted by Gasteiger charge is -2.42. The molecule has 0 aliphatic carbocycles. The molecule has 7 nitrogen and oxygen atoms in total. The highest BCUT2D eigenvalue weighted by molar-refractivity contribution is 5.97. The van der Waals surface area contributed by atoms with Crippen LogP contribution >= 0.6 is 0 Å². The predicted molar refractivity (Wildman–Crippen MR) is 130 cm³/mol. The van der Waals surface area contributed by atoms with Gasteiger partial charge in [-0.2, -0.15) is 0 Å². The number of carbonyl (C=O) groups excluding carboxylic acids is 2. The summed E-state index contributed by atoms with van der Waals surface area (Å²) in [6.45, 7) is 3.65. The Balaban J connectivity index is 1.98. The van der Waals surface area contributed by atoms with Gasteiger partial charge < -0.3 is 15.7 Å². The number of aliphatic carboxylic acids is 1. The van der Waals surface area contributed by atoms with Gasteiger partial charge in [-0.25, -0.2) is 4.79 Å². The summed E-state index contributed by atoms with van der Waals surface area (Å²) >= 11 is 0. The minimum atomic E-state index is -1.23. The number of primary amides is 1. The quantitative estimate of drug-likeness (QED) is 0.477. The number of benzene rings is 2. The zero-order chi connectivity index (χ0) is 24.7. The molecule has 2 aromatic carbocycles. The minimum Gasteiger partial charge on any atom is -0.480 e. The van der Waals surface area contributed by atoms with E-state index in [4.69, 9.17) is 5.73 Å². The highest BCUT2D eigenvalue weighted by Gasteiger charge is 2.40. The molecule has 0 spiro atoms. The zero-order valence-electron chi connectivity index (χ0n) is 19.3. The second-order valence-electron chi connectivity index (χ2n) is 8.81. The Bertz CT molecular complexity index is 1130. The summed E-state index contributed by atoms with van der Waals surface area (Å²) in [5, 5.41) is 10.0. The largest absolute Gasteiger partial charge is 0.480 e. The monoisotopic (exact) mass is 459 g/mol. The van der Waals surface area contributed by atoms with Gasteiger partial charge in [0, 0.05) is 23.7 Å². The van der Waals surface area contributed by atoms with E-state index in [1.807, 2.05) is 74.5 Å². The maximum absolute atomic E-state index is 13.7. The zero-order valence-corrected chi connectivity index (χ0v) is 19.3. The Kier molecular flexibility index (Phi) is 7.79. The number of rotatable bonds is 10. The van der Waals surface area contributed by atoms with Crippen molar-refractivity contribution in [2.24, 2.45) is 5.73 Å². The maximum atomic E-state index is 13.7. The van der Waals surface area contributed by atoms with Crippen LogP contribution in [0.15, 0.2) is 79.0 Å². The number of carbonyl (C=O) groups is 3. The van der Waals surface area contributed by atoms with Crippen molar-refractivity contribution in [1.82, 2.24) is 9.88 Å². The van der Waals surface area contributed by atoms with Crippen molar-refractivity contribution in [2.75, 3.05) is 0 Å². The Labute approximate surface area is 199 Å². The van der Waals surface area contributed by atoms with Gasteiger partial charge in [-0.15, -0.1) is 0 Å². The Morgan fingerprint density at radius 3 is 2.12 bits per heavy atom. The Morgan fingerprint density at radius 1 is 0.971 bits per heavy atom. The number of nitrogens with zero attached hydrogens (tertiary/aromatic N) is 2. The Hall–Kier alpha value is -4.00. The molecule has 176 valence electrons. The number of nitrogens with two attached hydrogens (primary N) is 1. The first-order valence-electron chi connectivity index (χ1n) is 11.1. The van der Waals surface area contributed by atoms with Gasteiger partial charge in [0.15, 0.2) is 0 Å². The number of aromatic nitrogens is 1. The van der Waals surface area contributed by atoms with E-state index in [-0.39, 0.29) is 18.4 Å². The third-order valence-electron chi connectivity index (χ3n) is 5.69. The molecular formula is C27H29N3O4. The van der Waals surface area contributed by atoms with E-state index in [9.17, 15) is 19.5 Å². The lowest BCUT2D eigenvalue weighted by molar-refractivity contribution is -0.144. The van der Waals surface area contributed by atoms with Crippen molar-refractivity contribution in [3.8, 4) is 11.3 Å². The maximum Gasteiger partial charge on any atom is 0.326 e. The normalized spacial score (nSPS) is 12.1. The summed E-state index contributed by atoms with van der Waals surface area (Å²) < 4.78 is 0. The van der Waals surface area contributed by atoms with Crippen LogP contribution in [0, 0.1) is 0 Å².